The minimum atomic E-state index is -0.538. The Morgan fingerprint density at radius 3 is 2.56 bits per heavy atom. The van der Waals surface area contributed by atoms with Gasteiger partial charge in [0.1, 0.15) is 0 Å². The van der Waals surface area contributed by atoms with Gasteiger partial charge in [0, 0.05) is 28.9 Å². The van der Waals surface area contributed by atoms with E-state index >= 15 is 0 Å². The average molecular weight is 376 g/mol. The van der Waals surface area contributed by atoms with Crippen molar-refractivity contribution in [1.82, 2.24) is 4.90 Å². The maximum atomic E-state index is 13.0. The van der Waals surface area contributed by atoms with Gasteiger partial charge in [0.25, 0.3) is 0 Å². The molecule has 25 heavy (non-hydrogen) atoms. The fraction of sp³-hybridized carbons (Fsp3) is 0.350. The summed E-state index contributed by atoms with van der Waals surface area (Å²) in [7, 11) is 0. The SMILES string of the molecule is O=C1C(Cc2c(Cl)cccc2Cl)CCN1[C@H]1c2ccccc2C[C@H]1O. The van der Waals surface area contributed by atoms with Crippen LogP contribution in [0.15, 0.2) is 42.5 Å². The zero-order chi connectivity index (χ0) is 17.6. The first-order valence-electron chi connectivity index (χ1n) is 8.55. The molecule has 1 aliphatic heterocycles. The maximum absolute atomic E-state index is 13.0. The number of hydrogen-bond acceptors (Lipinski definition) is 2. The number of hydrogen-bond donors (Lipinski definition) is 1. The second-order valence-electron chi connectivity index (χ2n) is 6.84. The lowest BCUT2D eigenvalue weighted by atomic mass is 9.97. The molecule has 4 rings (SSSR count). The molecule has 0 bridgehead atoms. The number of carbonyl (C=O) groups is 1. The fourth-order valence-corrected chi connectivity index (χ4v) is 4.68. The van der Waals surface area contributed by atoms with Crippen LogP contribution in [0, 0.1) is 5.92 Å². The van der Waals surface area contributed by atoms with Crippen LogP contribution in [0.5, 0.6) is 0 Å². The van der Waals surface area contributed by atoms with Crippen molar-refractivity contribution >= 4 is 29.1 Å². The Kier molecular flexibility index (Phi) is 4.48. The van der Waals surface area contributed by atoms with Gasteiger partial charge in [0.2, 0.25) is 5.91 Å². The Bertz CT molecular complexity index is 803. The predicted molar refractivity (Wildman–Crippen MR) is 98.9 cm³/mol. The smallest absolute Gasteiger partial charge is 0.226 e. The highest BCUT2D eigenvalue weighted by atomic mass is 35.5. The molecule has 0 spiro atoms. The number of halogens is 2. The number of fused-ring (bicyclic) bond motifs is 1. The third-order valence-corrected chi connectivity index (χ3v) is 6.07. The summed E-state index contributed by atoms with van der Waals surface area (Å²) in [5.41, 5.74) is 3.03. The number of amides is 1. The van der Waals surface area contributed by atoms with E-state index in [2.05, 4.69) is 0 Å². The van der Waals surface area contributed by atoms with Crippen molar-refractivity contribution in [2.75, 3.05) is 6.54 Å². The first-order chi connectivity index (χ1) is 12.1. The first-order valence-corrected chi connectivity index (χ1v) is 9.31. The molecule has 2 aromatic rings. The number of likely N-dealkylation sites (tertiary alicyclic amines) is 1. The molecule has 1 heterocycles. The highest BCUT2D eigenvalue weighted by Crippen LogP contribution is 2.40. The minimum Gasteiger partial charge on any atom is -0.390 e. The topological polar surface area (TPSA) is 40.5 Å². The second-order valence-corrected chi connectivity index (χ2v) is 7.65. The first kappa shape index (κ1) is 16.9. The fourth-order valence-electron chi connectivity index (χ4n) is 4.13. The average Bonchev–Trinajstić information content (AvgIpc) is 3.10. The predicted octanol–water partition coefficient (Wildman–Crippen LogP) is 4.04. The van der Waals surface area contributed by atoms with Crippen molar-refractivity contribution in [3.05, 3.63) is 69.2 Å². The van der Waals surface area contributed by atoms with Crippen molar-refractivity contribution in [3.63, 3.8) is 0 Å². The third-order valence-electron chi connectivity index (χ3n) is 5.37. The van der Waals surface area contributed by atoms with E-state index in [1.165, 1.54) is 0 Å². The molecule has 0 aromatic heterocycles. The molecule has 3 nitrogen and oxygen atoms in total. The van der Waals surface area contributed by atoms with E-state index in [0.717, 1.165) is 23.1 Å². The van der Waals surface area contributed by atoms with Crippen molar-refractivity contribution in [3.8, 4) is 0 Å². The van der Waals surface area contributed by atoms with Crippen LogP contribution < -0.4 is 0 Å². The van der Waals surface area contributed by atoms with Crippen LogP contribution in [-0.4, -0.2) is 28.6 Å². The summed E-state index contributed by atoms with van der Waals surface area (Å²) in [6.07, 6.45) is 1.36. The molecule has 130 valence electrons. The lowest BCUT2D eigenvalue weighted by Crippen LogP contribution is -2.36. The number of carbonyl (C=O) groups excluding carboxylic acids is 1. The van der Waals surface area contributed by atoms with Crippen molar-refractivity contribution in [1.29, 1.82) is 0 Å². The molecule has 1 unspecified atom stereocenters. The molecule has 1 fully saturated rings. The Morgan fingerprint density at radius 1 is 1.08 bits per heavy atom. The van der Waals surface area contributed by atoms with Gasteiger partial charge < -0.3 is 10.0 Å². The van der Waals surface area contributed by atoms with Crippen molar-refractivity contribution < 1.29 is 9.90 Å². The molecule has 1 amide bonds. The van der Waals surface area contributed by atoms with Gasteiger partial charge in [-0.15, -0.1) is 0 Å². The molecule has 0 saturated carbocycles. The highest BCUT2D eigenvalue weighted by molar-refractivity contribution is 6.36. The van der Waals surface area contributed by atoms with Crippen LogP contribution in [-0.2, 0) is 17.6 Å². The van der Waals surface area contributed by atoms with E-state index in [1.54, 1.807) is 12.1 Å². The minimum absolute atomic E-state index is 0.0803. The number of nitrogens with zero attached hydrogens (tertiary/aromatic N) is 1. The molecule has 1 N–H and O–H groups in total. The summed E-state index contributed by atoms with van der Waals surface area (Å²) in [5, 5.41) is 11.7. The largest absolute Gasteiger partial charge is 0.390 e. The monoisotopic (exact) mass is 375 g/mol. The van der Waals surface area contributed by atoms with Crippen LogP contribution >= 0.6 is 23.2 Å². The van der Waals surface area contributed by atoms with Gasteiger partial charge in [0.15, 0.2) is 0 Å². The summed E-state index contributed by atoms with van der Waals surface area (Å²) >= 11 is 12.5. The summed E-state index contributed by atoms with van der Waals surface area (Å²) in [5.74, 6) is -0.0610. The molecule has 2 aliphatic rings. The molecule has 1 saturated heterocycles. The van der Waals surface area contributed by atoms with E-state index in [0.29, 0.717) is 29.4 Å². The maximum Gasteiger partial charge on any atom is 0.226 e. The molecule has 1 aliphatic carbocycles. The number of rotatable bonds is 3. The zero-order valence-electron chi connectivity index (χ0n) is 13.7. The summed E-state index contributed by atoms with van der Waals surface area (Å²) in [4.78, 5) is 14.8. The Labute approximate surface area is 157 Å². The highest BCUT2D eigenvalue weighted by Gasteiger charge is 2.43. The summed E-state index contributed by atoms with van der Waals surface area (Å²) < 4.78 is 0. The molecule has 0 radical (unpaired) electrons. The van der Waals surface area contributed by atoms with E-state index in [1.807, 2.05) is 35.2 Å². The van der Waals surface area contributed by atoms with Crippen LogP contribution in [0.4, 0.5) is 0 Å². The third kappa shape index (κ3) is 2.95. The Morgan fingerprint density at radius 2 is 1.80 bits per heavy atom. The van der Waals surface area contributed by atoms with E-state index in [4.69, 9.17) is 23.2 Å². The van der Waals surface area contributed by atoms with Crippen LogP contribution in [0.2, 0.25) is 10.0 Å². The Hall–Kier alpha value is -1.55. The normalized spacial score (nSPS) is 25.5. The number of aliphatic hydroxyl groups is 1. The van der Waals surface area contributed by atoms with E-state index in [-0.39, 0.29) is 17.9 Å². The number of aliphatic hydroxyl groups excluding tert-OH is 1. The lowest BCUT2D eigenvalue weighted by molar-refractivity contribution is -0.135. The van der Waals surface area contributed by atoms with Crippen molar-refractivity contribution in [2.24, 2.45) is 5.92 Å². The molecule has 2 aromatic carbocycles. The van der Waals surface area contributed by atoms with Gasteiger partial charge >= 0.3 is 0 Å². The van der Waals surface area contributed by atoms with E-state index < -0.39 is 6.10 Å². The van der Waals surface area contributed by atoms with Crippen LogP contribution in [0.3, 0.4) is 0 Å². The second kappa shape index (κ2) is 6.64. The van der Waals surface area contributed by atoms with Gasteiger partial charge in [-0.25, -0.2) is 0 Å². The molecule has 3 atom stereocenters. The quantitative estimate of drug-likeness (QED) is 0.878. The molecule has 5 heteroatoms. The van der Waals surface area contributed by atoms with Crippen LogP contribution in [0.25, 0.3) is 0 Å². The van der Waals surface area contributed by atoms with Gasteiger partial charge in [-0.05, 0) is 41.7 Å². The van der Waals surface area contributed by atoms with Crippen molar-refractivity contribution in [2.45, 2.75) is 31.4 Å². The van der Waals surface area contributed by atoms with Gasteiger partial charge in [0.05, 0.1) is 12.1 Å². The van der Waals surface area contributed by atoms with Crippen LogP contribution in [0.1, 0.15) is 29.2 Å². The number of benzene rings is 2. The zero-order valence-corrected chi connectivity index (χ0v) is 15.2. The molecular formula is C20H19Cl2NO2. The van der Waals surface area contributed by atoms with Gasteiger partial charge in [-0.1, -0.05) is 53.5 Å². The lowest BCUT2D eigenvalue weighted by Gasteiger charge is -2.28. The summed E-state index contributed by atoms with van der Waals surface area (Å²) in [6, 6.07) is 13.2. The Balaban J connectivity index is 1.56. The standard InChI is InChI=1S/C20H19Cl2NO2/c21-16-6-3-7-17(22)15(16)10-13-8-9-23(20(13)25)19-14-5-2-1-4-12(14)11-18(19)24/h1-7,13,18-19,24H,8-11H2/t13?,18-,19+/m1/s1. The van der Waals surface area contributed by atoms with E-state index in [9.17, 15) is 9.90 Å². The van der Waals surface area contributed by atoms with Gasteiger partial charge in [-0.3, -0.25) is 4.79 Å². The molecular weight excluding hydrogens is 357 g/mol. The summed E-state index contributed by atoms with van der Waals surface area (Å²) in [6.45, 7) is 0.654. The van der Waals surface area contributed by atoms with Gasteiger partial charge in [-0.2, -0.15) is 0 Å².